The summed E-state index contributed by atoms with van der Waals surface area (Å²) < 4.78 is 0. The molecular formula is C9H15N3O. The molecule has 4 nitrogen and oxygen atoms in total. The molecule has 3 N–H and O–H groups in total. The third-order valence-corrected chi connectivity index (χ3v) is 2.36. The zero-order chi connectivity index (χ0) is 9.90. The van der Waals surface area contributed by atoms with Crippen LogP contribution < -0.4 is 5.73 Å². The topological polar surface area (TPSA) is 72.0 Å². The molecule has 13 heavy (non-hydrogen) atoms. The van der Waals surface area contributed by atoms with E-state index in [9.17, 15) is 5.11 Å². The lowest BCUT2D eigenvalue weighted by molar-refractivity contribution is 0.209. The van der Waals surface area contributed by atoms with Crippen LogP contribution in [-0.4, -0.2) is 28.2 Å². The highest BCUT2D eigenvalue weighted by Gasteiger charge is 2.26. The number of aliphatic hydroxyl groups excluding tert-OH is 1. The summed E-state index contributed by atoms with van der Waals surface area (Å²) in [5, 5.41) is 9.23. The Morgan fingerprint density at radius 1 is 1.62 bits per heavy atom. The summed E-state index contributed by atoms with van der Waals surface area (Å²) in [7, 11) is 0. The average molecular weight is 181 g/mol. The molecule has 1 heterocycles. The Morgan fingerprint density at radius 2 is 2.31 bits per heavy atom. The number of hydrogen-bond donors (Lipinski definition) is 2. The Bertz CT molecular complexity index is 284. The van der Waals surface area contributed by atoms with Crippen LogP contribution in [0.4, 0.5) is 0 Å². The quantitative estimate of drug-likeness (QED) is 0.688. The van der Waals surface area contributed by atoms with E-state index in [4.69, 9.17) is 5.73 Å². The van der Waals surface area contributed by atoms with Crippen molar-refractivity contribution in [3.05, 3.63) is 23.8 Å². The molecule has 1 rings (SSSR count). The molecule has 1 unspecified atom stereocenters. The summed E-state index contributed by atoms with van der Waals surface area (Å²) in [6.07, 6.45) is 3.21. The molecule has 0 aliphatic heterocycles. The van der Waals surface area contributed by atoms with Gasteiger partial charge in [-0.05, 0) is 6.92 Å². The van der Waals surface area contributed by atoms with Crippen molar-refractivity contribution in [2.45, 2.75) is 19.3 Å². The van der Waals surface area contributed by atoms with Gasteiger partial charge in [-0.3, -0.25) is 0 Å². The summed E-state index contributed by atoms with van der Waals surface area (Å²) >= 11 is 0. The Labute approximate surface area is 77.8 Å². The first-order valence-electron chi connectivity index (χ1n) is 4.22. The number of nitrogens with zero attached hydrogens (tertiary/aromatic N) is 2. The standard InChI is InChI=1S/C9H15N3O/c1-7-8(3-11-6-12-7)9(2,4-10)5-13/h3,6,13H,4-5,10H2,1-2H3. The molecule has 0 aliphatic carbocycles. The van der Waals surface area contributed by atoms with Gasteiger partial charge in [-0.25, -0.2) is 9.97 Å². The number of aryl methyl sites for hydroxylation is 1. The van der Waals surface area contributed by atoms with Crippen LogP contribution in [0.5, 0.6) is 0 Å². The van der Waals surface area contributed by atoms with Gasteiger partial charge in [0, 0.05) is 29.4 Å². The van der Waals surface area contributed by atoms with E-state index in [2.05, 4.69) is 9.97 Å². The molecule has 1 atom stereocenters. The fourth-order valence-corrected chi connectivity index (χ4v) is 1.24. The van der Waals surface area contributed by atoms with Crippen LogP contribution in [0.25, 0.3) is 0 Å². The molecule has 0 spiro atoms. The molecule has 72 valence electrons. The minimum absolute atomic E-state index is 0.0116. The van der Waals surface area contributed by atoms with Crippen LogP contribution in [0, 0.1) is 6.92 Å². The monoisotopic (exact) mass is 181 g/mol. The molecule has 0 saturated carbocycles. The first-order chi connectivity index (χ1) is 6.14. The molecule has 0 radical (unpaired) electrons. The molecule has 0 aromatic carbocycles. The number of hydrogen-bond acceptors (Lipinski definition) is 4. The third-order valence-electron chi connectivity index (χ3n) is 2.36. The maximum Gasteiger partial charge on any atom is 0.115 e. The highest BCUT2D eigenvalue weighted by Crippen LogP contribution is 2.22. The van der Waals surface area contributed by atoms with Gasteiger partial charge in [0.25, 0.3) is 0 Å². The second-order valence-corrected chi connectivity index (χ2v) is 3.44. The molecule has 0 aliphatic rings. The molecule has 0 saturated heterocycles. The highest BCUT2D eigenvalue weighted by molar-refractivity contribution is 5.25. The second-order valence-electron chi connectivity index (χ2n) is 3.44. The number of rotatable bonds is 3. The largest absolute Gasteiger partial charge is 0.395 e. The fraction of sp³-hybridized carbons (Fsp3) is 0.556. The number of aromatic nitrogens is 2. The molecule has 1 aromatic heterocycles. The predicted octanol–water partition coefficient (Wildman–Crippen LogP) is -0.00628. The van der Waals surface area contributed by atoms with Crippen molar-refractivity contribution in [2.24, 2.45) is 5.73 Å². The Kier molecular flexibility index (Phi) is 2.95. The maximum absolute atomic E-state index is 9.23. The van der Waals surface area contributed by atoms with Gasteiger partial charge in [-0.2, -0.15) is 0 Å². The summed E-state index contributed by atoms with van der Waals surface area (Å²) in [6, 6.07) is 0. The Balaban J connectivity index is 3.12. The molecule has 0 fully saturated rings. The lowest BCUT2D eigenvalue weighted by atomic mass is 9.83. The van der Waals surface area contributed by atoms with E-state index in [0.29, 0.717) is 6.54 Å². The van der Waals surface area contributed by atoms with E-state index in [1.807, 2.05) is 13.8 Å². The normalized spacial score (nSPS) is 15.4. The van der Waals surface area contributed by atoms with E-state index in [1.165, 1.54) is 6.33 Å². The van der Waals surface area contributed by atoms with Gasteiger partial charge in [0.15, 0.2) is 0 Å². The highest BCUT2D eigenvalue weighted by atomic mass is 16.3. The molecule has 0 amide bonds. The Morgan fingerprint density at radius 3 is 2.77 bits per heavy atom. The zero-order valence-corrected chi connectivity index (χ0v) is 7.99. The Hall–Kier alpha value is -1.00. The van der Waals surface area contributed by atoms with Crippen molar-refractivity contribution < 1.29 is 5.11 Å². The lowest BCUT2D eigenvalue weighted by Crippen LogP contribution is -2.36. The molecule has 0 bridgehead atoms. The average Bonchev–Trinajstić information content (AvgIpc) is 2.17. The zero-order valence-electron chi connectivity index (χ0n) is 7.99. The summed E-state index contributed by atoms with van der Waals surface area (Å²) in [6.45, 7) is 4.19. The maximum atomic E-state index is 9.23. The van der Waals surface area contributed by atoms with E-state index in [-0.39, 0.29) is 6.61 Å². The molecular weight excluding hydrogens is 166 g/mol. The second kappa shape index (κ2) is 3.81. The predicted molar refractivity (Wildman–Crippen MR) is 50.3 cm³/mol. The lowest BCUT2D eigenvalue weighted by Gasteiger charge is -2.26. The number of aliphatic hydroxyl groups is 1. The van der Waals surface area contributed by atoms with Gasteiger partial charge < -0.3 is 10.8 Å². The smallest absolute Gasteiger partial charge is 0.115 e. The van der Waals surface area contributed by atoms with Crippen LogP contribution in [0.2, 0.25) is 0 Å². The molecule has 1 aromatic rings. The van der Waals surface area contributed by atoms with Crippen molar-refractivity contribution in [3.63, 3.8) is 0 Å². The van der Waals surface area contributed by atoms with Crippen LogP contribution in [0.1, 0.15) is 18.2 Å². The SMILES string of the molecule is Cc1ncncc1C(C)(CN)CO. The van der Waals surface area contributed by atoms with Gasteiger partial charge >= 0.3 is 0 Å². The van der Waals surface area contributed by atoms with Crippen LogP contribution in [0.15, 0.2) is 12.5 Å². The summed E-state index contributed by atoms with van der Waals surface area (Å²) in [5.41, 5.74) is 6.97. The summed E-state index contributed by atoms with van der Waals surface area (Å²) in [4.78, 5) is 7.99. The van der Waals surface area contributed by atoms with E-state index in [1.54, 1.807) is 6.20 Å². The van der Waals surface area contributed by atoms with Crippen molar-refractivity contribution in [1.82, 2.24) is 9.97 Å². The minimum atomic E-state index is -0.425. The third kappa shape index (κ3) is 1.84. The van der Waals surface area contributed by atoms with E-state index < -0.39 is 5.41 Å². The molecule has 4 heteroatoms. The first kappa shape index (κ1) is 10.1. The first-order valence-corrected chi connectivity index (χ1v) is 4.22. The van der Waals surface area contributed by atoms with E-state index >= 15 is 0 Å². The minimum Gasteiger partial charge on any atom is -0.395 e. The van der Waals surface area contributed by atoms with Crippen LogP contribution >= 0.6 is 0 Å². The van der Waals surface area contributed by atoms with Crippen molar-refractivity contribution in [1.29, 1.82) is 0 Å². The fourth-order valence-electron chi connectivity index (χ4n) is 1.24. The summed E-state index contributed by atoms with van der Waals surface area (Å²) in [5.74, 6) is 0. The van der Waals surface area contributed by atoms with Crippen LogP contribution in [-0.2, 0) is 5.41 Å². The van der Waals surface area contributed by atoms with Crippen LogP contribution in [0.3, 0.4) is 0 Å². The van der Waals surface area contributed by atoms with Crippen molar-refractivity contribution in [3.8, 4) is 0 Å². The van der Waals surface area contributed by atoms with Crippen molar-refractivity contribution in [2.75, 3.05) is 13.2 Å². The van der Waals surface area contributed by atoms with Gasteiger partial charge in [0.2, 0.25) is 0 Å². The van der Waals surface area contributed by atoms with Crippen molar-refractivity contribution >= 4 is 0 Å². The van der Waals surface area contributed by atoms with Gasteiger partial charge in [0.05, 0.1) is 6.61 Å². The van der Waals surface area contributed by atoms with Gasteiger partial charge in [-0.15, -0.1) is 0 Å². The van der Waals surface area contributed by atoms with Gasteiger partial charge in [-0.1, -0.05) is 6.92 Å². The number of nitrogens with two attached hydrogens (primary N) is 1. The van der Waals surface area contributed by atoms with Gasteiger partial charge in [0.1, 0.15) is 6.33 Å². The van der Waals surface area contributed by atoms with E-state index in [0.717, 1.165) is 11.3 Å².